The lowest BCUT2D eigenvalue weighted by molar-refractivity contribution is 0.642. The minimum atomic E-state index is -0.202. The summed E-state index contributed by atoms with van der Waals surface area (Å²) in [7, 11) is 0. The molecule has 1 fully saturated rings. The molecule has 7 nitrogen and oxygen atoms in total. The Kier molecular flexibility index (Phi) is 3.09. The van der Waals surface area contributed by atoms with Crippen LogP contribution in [0.25, 0.3) is 0 Å². The van der Waals surface area contributed by atoms with Gasteiger partial charge in [-0.25, -0.2) is 14.9 Å². The van der Waals surface area contributed by atoms with Gasteiger partial charge in [-0.3, -0.25) is 9.98 Å². The summed E-state index contributed by atoms with van der Waals surface area (Å²) < 4.78 is 1.65. The Bertz CT molecular complexity index is 730. The van der Waals surface area contributed by atoms with Crippen LogP contribution in [0.5, 0.6) is 0 Å². The Morgan fingerprint density at radius 2 is 2.30 bits per heavy atom. The smallest absolute Gasteiger partial charge is 0.344 e. The van der Waals surface area contributed by atoms with E-state index in [0.29, 0.717) is 15.7 Å². The maximum Gasteiger partial charge on any atom is 0.344 e. The van der Waals surface area contributed by atoms with Gasteiger partial charge in [0.2, 0.25) is 0 Å². The van der Waals surface area contributed by atoms with Gasteiger partial charge in [0, 0.05) is 17.3 Å². The van der Waals surface area contributed by atoms with E-state index in [1.807, 2.05) is 6.92 Å². The zero-order valence-corrected chi connectivity index (χ0v) is 11.7. The Labute approximate surface area is 119 Å². The first-order valence-electron chi connectivity index (χ1n) is 6.23. The van der Waals surface area contributed by atoms with Crippen LogP contribution >= 0.6 is 11.8 Å². The number of pyridine rings is 1. The average molecular weight is 290 g/mol. The van der Waals surface area contributed by atoms with E-state index < -0.39 is 0 Å². The molecule has 0 aliphatic heterocycles. The van der Waals surface area contributed by atoms with E-state index >= 15 is 0 Å². The minimum Gasteiger partial charge on any atom is -0.384 e. The Balaban J connectivity index is 2.01. The van der Waals surface area contributed by atoms with Crippen molar-refractivity contribution < 1.29 is 0 Å². The van der Waals surface area contributed by atoms with Gasteiger partial charge in [0.1, 0.15) is 10.9 Å². The van der Waals surface area contributed by atoms with E-state index in [9.17, 15) is 4.79 Å². The highest BCUT2D eigenvalue weighted by Gasteiger charge is 2.29. The number of aromatic nitrogens is 4. The zero-order valence-electron chi connectivity index (χ0n) is 10.9. The van der Waals surface area contributed by atoms with E-state index in [-0.39, 0.29) is 17.6 Å². The molecular weight excluding hydrogens is 276 g/mol. The highest BCUT2D eigenvalue weighted by Crippen LogP contribution is 2.37. The van der Waals surface area contributed by atoms with Crippen molar-refractivity contribution in [2.24, 2.45) is 5.73 Å². The molecule has 0 spiro atoms. The molecule has 0 saturated heterocycles. The number of H-pyrrole nitrogens is 1. The van der Waals surface area contributed by atoms with E-state index in [2.05, 4.69) is 15.2 Å². The van der Waals surface area contributed by atoms with Crippen LogP contribution in [0.4, 0.5) is 0 Å². The number of nitrogens with zero attached hydrogens (tertiary/aromatic N) is 3. The molecule has 0 atom stereocenters. The van der Waals surface area contributed by atoms with Crippen molar-refractivity contribution in [1.82, 2.24) is 19.7 Å². The molecule has 1 aliphatic rings. The number of nitrogens with one attached hydrogen (secondary N) is 2. The second-order valence-electron chi connectivity index (χ2n) is 4.73. The fourth-order valence-corrected chi connectivity index (χ4v) is 2.99. The van der Waals surface area contributed by atoms with Crippen LogP contribution in [-0.4, -0.2) is 25.6 Å². The van der Waals surface area contributed by atoms with Crippen molar-refractivity contribution in [3.8, 4) is 0 Å². The monoisotopic (exact) mass is 290 g/mol. The fraction of sp³-hybridized carbons (Fsp3) is 0.333. The number of hydrogen-bond donors (Lipinski definition) is 3. The van der Waals surface area contributed by atoms with Gasteiger partial charge in [-0.05, 0) is 43.7 Å². The number of aromatic amines is 1. The van der Waals surface area contributed by atoms with Crippen molar-refractivity contribution in [3.05, 3.63) is 33.9 Å². The molecule has 104 valence electrons. The summed E-state index contributed by atoms with van der Waals surface area (Å²) in [6.07, 6.45) is 1.99. The summed E-state index contributed by atoms with van der Waals surface area (Å²) in [5.74, 6) is -0.0455. The van der Waals surface area contributed by atoms with Crippen LogP contribution in [0.2, 0.25) is 0 Å². The van der Waals surface area contributed by atoms with Crippen LogP contribution in [0.15, 0.2) is 27.1 Å². The highest BCUT2D eigenvalue weighted by atomic mass is 32.2. The van der Waals surface area contributed by atoms with Crippen molar-refractivity contribution in [2.45, 2.75) is 36.0 Å². The van der Waals surface area contributed by atoms with Crippen LogP contribution in [-0.2, 0) is 0 Å². The molecule has 2 heterocycles. The Hall–Kier alpha value is -2.09. The molecule has 8 heteroatoms. The summed E-state index contributed by atoms with van der Waals surface area (Å²) in [6.45, 7) is 1.87. The first kappa shape index (κ1) is 12.9. The molecule has 2 aromatic heterocycles. The van der Waals surface area contributed by atoms with Gasteiger partial charge in [0.15, 0.2) is 5.16 Å². The third-order valence-electron chi connectivity index (χ3n) is 3.06. The van der Waals surface area contributed by atoms with Gasteiger partial charge in [-0.15, -0.1) is 5.10 Å². The third-order valence-corrected chi connectivity index (χ3v) is 4.04. The standard InChI is InChI=1S/C12H14N6OS/c1-6-2-5-8(9(13)14)10(15-6)20-12-17-16-11(19)18(12)7-3-4-7/h2,5,7H,3-4H2,1H3,(H3,13,14)(H,16,19). The zero-order chi connectivity index (χ0) is 14.3. The maximum atomic E-state index is 11.7. The molecule has 0 aromatic carbocycles. The lowest BCUT2D eigenvalue weighted by Gasteiger charge is -2.08. The summed E-state index contributed by atoms with van der Waals surface area (Å²) in [5.41, 5.74) is 6.75. The predicted molar refractivity (Wildman–Crippen MR) is 75.2 cm³/mol. The number of aryl methyl sites for hydroxylation is 1. The SMILES string of the molecule is Cc1ccc(C(=N)N)c(Sc2n[nH]c(=O)n2C2CC2)n1. The molecule has 1 aliphatic carbocycles. The fourth-order valence-electron chi connectivity index (χ4n) is 1.92. The van der Waals surface area contributed by atoms with Crippen LogP contribution in [0, 0.1) is 12.3 Å². The topological polar surface area (TPSA) is 113 Å². The summed E-state index contributed by atoms with van der Waals surface area (Å²) in [5, 5.41) is 15.3. The molecular formula is C12H14N6OS. The Morgan fingerprint density at radius 1 is 1.55 bits per heavy atom. The van der Waals surface area contributed by atoms with E-state index in [0.717, 1.165) is 18.5 Å². The van der Waals surface area contributed by atoms with Gasteiger partial charge in [-0.2, -0.15) is 0 Å². The van der Waals surface area contributed by atoms with Crippen molar-refractivity contribution >= 4 is 17.6 Å². The molecule has 4 N–H and O–H groups in total. The van der Waals surface area contributed by atoms with Gasteiger partial charge in [0.05, 0.1) is 0 Å². The molecule has 0 radical (unpaired) electrons. The van der Waals surface area contributed by atoms with E-state index in [1.165, 1.54) is 11.8 Å². The molecule has 0 unspecified atom stereocenters. The Morgan fingerprint density at radius 3 is 2.95 bits per heavy atom. The summed E-state index contributed by atoms with van der Waals surface area (Å²) in [6, 6.07) is 3.80. The molecule has 1 saturated carbocycles. The molecule has 20 heavy (non-hydrogen) atoms. The van der Waals surface area contributed by atoms with Gasteiger partial charge in [-0.1, -0.05) is 0 Å². The second kappa shape index (κ2) is 4.78. The quantitative estimate of drug-likeness (QED) is 0.575. The van der Waals surface area contributed by atoms with Gasteiger partial charge < -0.3 is 5.73 Å². The van der Waals surface area contributed by atoms with E-state index in [4.69, 9.17) is 11.1 Å². The molecule has 0 bridgehead atoms. The summed E-state index contributed by atoms with van der Waals surface area (Å²) in [4.78, 5) is 16.1. The number of hydrogen-bond acceptors (Lipinski definition) is 5. The van der Waals surface area contributed by atoms with Gasteiger partial charge in [0.25, 0.3) is 0 Å². The van der Waals surface area contributed by atoms with E-state index in [1.54, 1.807) is 16.7 Å². The number of nitrogen functional groups attached to an aromatic ring is 1. The first-order valence-corrected chi connectivity index (χ1v) is 7.04. The van der Waals surface area contributed by atoms with Crippen LogP contribution in [0.1, 0.15) is 30.1 Å². The molecule has 0 amide bonds. The van der Waals surface area contributed by atoms with Crippen molar-refractivity contribution in [3.63, 3.8) is 0 Å². The number of rotatable bonds is 4. The van der Waals surface area contributed by atoms with Crippen LogP contribution in [0.3, 0.4) is 0 Å². The average Bonchev–Trinajstić information content (AvgIpc) is 3.15. The lowest BCUT2D eigenvalue weighted by atomic mass is 10.2. The third kappa shape index (κ3) is 2.34. The maximum absolute atomic E-state index is 11.7. The molecule has 3 rings (SSSR count). The minimum absolute atomic E-state index is 0.0455. The normalized spacial score (nSPS) is 14.4. The van der Waals surface area contributed by atoms with Crippen molar-refractivity contribution in [1.29, 1.82) is 5.41 Å². The highest BCUT2D eigenvalue weighted by molar-refractivity contribution is 7.99. The van der Waals surface area contributed by atoms with Gasteiger partial charge >= 0.3 is 5.69 Å². The number of nitrogens with two attached hydrogens (primary N) is 1. The second-order valence-corrected chi connectivity index (χ2v) is 5.69. The number of amidine groups is 1. The summed E-state index contributed by atoms with van der Waals surface area (Å²) >= 11 is 1.26. The van der Waals surface area contributed by atoms with Crippen molar-refractivity contribution in [2.75, 3.05) is 0 Å². The van der Waals surface area contributed by atoms with Crippen LogP contribution < -0.4 is 11.4 Å². The molecule has 2 aromatic rings. The predicted octanol–water partition coefficient (Wildman–Crippen LogP) is 1.04. The first-order chi connectivity index (χ1) is 9.56. The lowest BCUT2D eigenvalue weighted by Crippen LogP contribution is -2.16. The largest absolute Gasteiger partial charge is 0.384 e.